The van der Waals surface area contributed by atoms with E-state index in [1.54, 1.807) is 6.20 Å². The molecule has 3 rings (SSSR count). The number of aromatic nitrogens is 3. The molecule has 0 amide bonds. The van der Waals surface area contributed by atoms with Crippen LogP contribution in [0.1, 0.15) is 23.6 Å². The minimum Gasteiger partial charge on any atom is -0.361 e. The lowest BCUT2D eigenvalue weighted by molar-refractivity contribution is 0.393. The lowest BCUT2D eigenvalue weighted by atomic mass is 10.0. The zero-order valence-electron chi connectivity index (χ0n) is 11.3. The number of nitrogens with zero attached hydrogens (tertiary/aromatic N) is 3. The number of nitrogens with one attached hydrogen (secondary N) is 1. The second kappa shape index (κ2) is 5.09. The van der Waals surface area contributed by atoms with E-state index in [1.165, 1.54) is 6.42 Å². The second-order valence-electron chi connectivity index (χ2n) is 5.16. The number of aryl methyl sites for hydroxylation is 2. The summed E-state index contributed by atoms with van der Waals surface area (Å²) in [5.74, 6) is 1.47. The van der Waals surface area contributed by atoms with Gasteiger partial charge >= 0.3 is 0 Å². The normalized spacial score (nSPS) is 18.9. The van der Waals surface area contributed by atoms with Gasteiger partial charge < -0.3 is 9.84 Å². The third kappa shape index (κ3) is 2.51. The van der Waals surface area contributed by atoms with E-state index in [1.807, 2.05) is 20.0 Å². The van der Waals surface area contributed by atoms with E-state index in [9.17, 15) is 0 Å². The van der Waals surface area contributed by atoms with Crippen LogP contribution in [0.25, 0.3) is 11.3 Å². The first-order valence-electron chi connectivity index (χ1n) is 6.69. The highest BCUT2D eigenvalue weighted by atomic mass is 16.5. The van der Waals surface area contributed by atoms with Crippen molar-refractivity contribution >= 4 is 0 Å². The molecule has 5 nitrogen and oxygen atoms in total. The highest BCUT2D eigenvalue weighted by Crippen LogP contribution is 2.25. The van der Waals surface area contributed by atoms with Crippen molar-refractivity contribution < 1.29 is 4.52 Å². The second-order valence-corrected chi connectivity index (χ2v) is 5.16. The summed E-state index contributed by atoms with van der Waals surface area (Å²) in [7, 11) is 0. The molecule has 0 bridgehead atoms. The first-order chi connectivity index (χ1) is 9.24. The van der Waals surface area contributed by atoms with Gasteiger partial charge in [0.05, 0.1) is 28.8 Å². The largest absolute Gasteiger partial charge is 0.361 e. The number of rotatable bonds is 3. The molecule has 0 aromatic carbocycles. The molecule has 1 fully saturated rings. The molecule has 1 aliphatic rings. The Kier molecular flexibility index (Phi) is 3.29. The summed E-state index contributed by atoms with van der Waals surface area (Å²) in [6.45, 7) is 6.03. The standard InChI is InChI=1S/C14H18N4O/c1-9-14(10(2)19-18-9)13-8-16-7-12(17-13)5-11-3-4-15-6-11/h7-8,11,15H,3-6H2,1-2H3/t11-/m1/s1. The van der Waals surface area contributed by atoms with Crippen LogP contribution in [0.5, 0.6) is 0 Å². The Bertz CT molecular complexity index is 553. The summed E-state index contributed by atoms with van der Waals surface area (Å²) < 4.78 is 5.20. The molecule has 1 aliphatic heterocycles. The van der Waals surface area contributed by atoms with E-state index in [-0.39, 0.29) is 0 Å². The fraction of sp³-hybridized carbons (Fsp3) is 0.500. The van der Waals surface area contributed by atoms with Crippen LogP contribution in [0.3, 0.4) is 0 Å². The van der Waals surface area contributed by atoms with Gasteiger partial charge in [-0.3, -0.25) is 4.98 Å². The molecule has 3 heterocycles. The SMILES string of the molecule is Cc1noc(C)c1-c1cncc(C[C@H]2CCNC2)n1. The molecule has 100 valence electrons. The van der Waals surface area contributed by atoms with Crippen LogP contribution < -0.4 is 5.32 Å². The average molecular weight is 258 g/mol. The summed E-state index contributed by atoms with van der Waals surface area (Å²) in [6.07, 6.45) is 5.84. The van der Waals surface area contributed by atoms with Crippen LogP contribution in [0.2, 0.25) is 0 Å². The van der Waals surface area contributed by atoms with Crippen molar-refractivity contribution in [2.45, 2.75) is 26.7 Å². The quantitative estimate of drug-likeness (QED) is 0.911. The summed E-state index contributed by atoms with van der Waals surface area (Å²) in [5.41, 5.74) is 3.75. The zero-order valence-corrected chi connectivity index (χ0v) is 11.3. The van der Waals surface area contributed by atoms with E-state index < -0.39 is 0 Å². The maximum absolute atomic E-state index is 5.20. The molecule has 0 spiro atoms. The Labute approximate surface area is 112 Å². The van der Waals surface area contributed by atoms with Gasteiger partial charge in [0.1, 0.15) is 5.76 Å². The minimum atomic E-state index is 0.675. The highest BCUT2D eigenvalue weighted by molar-refractivity contribution is 5.62. The lowest BCUT2D eigenvalue weighted by Crippen LogP contribution is -2.11. The van der Waals surface area contributed by atoms with E-state index in [4.69, 9.17) is 9.51 Å². The van der Waals surface area contributed by atoms with E-state index in [0.29, 0.717) is 5.92 Å². The number of hydrogen-bond acceptors (Lipinski definition) is 5. The monoisotopic (exact) mass is 258 g/mol. The Morgan fingerprint density at radius 2 is 2.26 bits per heavy atom. The molecular weight excluding hydrogens is 240 g/mol. The van der Waals surface area contributed by atoms with Gasteiger partial charge in [-0.2, -0.15) is 0 Å². The molecule has 1 saturated heterocycles. The van der Waals surface area contributed by atoms with Gasteiger partial charge in [-0.15, -0.1) is 0 Å². The molecular formula is C14H18N4O. The van der Waals surface area contributed by atoms with Crippen LogP contribution in [-0.4, -0.2) is 28.2 Å². The summed E-state index contributed by atoms with van der Waals surface area (Å²) in [6, 6.07) is 0. The predicted octanol–water partition coefficient (Wildman–Crippen LogP) is 1.90. The van der Waals surface area contributed by atoms with Crippen molar-refractivity contribution in [3.05, 3.63) is 29.5 Å². The van der Waals surface area contributed by atoms with Crippen molar-refractivity contribution in [2.24, 2.45) is 5.92 Å². The Morgan fingerprint density at radius 3 is 2.95 bits per heavy atom. The van der Waals surface area contributed by atoms with Gasteiger partial charge in [-0.05, 0) is 45.7 Å². The molecule has 5 heteroatoms. The van der Waals surface area contributed by atoms with Crippen LogP contribution in [0, 0.1) is 19.8 Å². The van der Waals surface area contributed by atoms with E-state index in [2.05, 4.69) is 15.5 Å². The highest BCUT2D eigenvalue weighted by Gasteiger charge is 2.17. The maximum atomic E-state index is 5.20. The van der Waals surface area contributed by atoms with Gasteiger partial charge in [0.2, 0.25) is 0 Å². The van der Waals surface area contributed by atoms with Crippen LogP contribution in [0.15, 0.2) is 16.9 Å². The van der Waals surface area contributed by atoms with Crippen LogP contribution in [0.4, 0.5) is 0 Å². The fourth-order valence-electron chi connectivity index (χ4n) is 2.66. The number of hydrogen-bond donors (Lipinski definition) is 1. The van der Waals surface area contributed by atoms with Crippen molar-refractivity contribution in [1.82, 2.24) is 20.4 Å². The van der Waals surface area contributed by atoms with Crippen molar-refractivity contribution in [2.75, 3.05) is 13.1 Å². The Hall–Kier alpha value is -1.75. The first-order valence-corrected chi connectivity index (χ1v) is 6.69. The van der Waals surface area contributed by atoms with Crippen LogP contribution >= 0.6 is 0 Å². The van der Waals surface area contributed by atoms with Gasteiger partial charge in [-0.25, -0.2) is 4.98 Å². The van der Waals surface area contributed by atoms with Gasteiger partial charge in [0.25, 0.3) is 0 Å². The van der Waals surface area contributed by atoms with Crippen molar-refractivity contribution in [3.8, 4) is 11.3 Å². The van der Waals surface area contributed by atoms with Gasteiger partial charge in [-0.1, -0.05) is 5.16 Å². The smallest absolute Gasteiger partial charge is 0.143 e. The van der Waals surface area contributed by atoms with Crippen LogP contribution in [-0.2, 0) is 6.42 Å². The van der Waals surface area contributed by atoms with E-state index in [0.717, 1.165) is 47.9 Å². The van der Waals surface area contributed by atoms with Crippen molar-refractivity contribution in [1.29, 1.82) is 0 Å². The van der Waals surface area contributed by atoms with E-state index >= 15 is 0 Å². The molecule has 1 atom stereocenters. The molecule has 0 aliphatic carbocycles. The Morgan fingerprint density at radius 1 is 1.37 bits per heavy atom. The van der Waals surface area contributed by atoms with Crippen molar-refractivity contribution in [3.63, 3.8) is 0 Å². The molecule has 0 unspecified atom stereocenters. The molecule has 0 radical (unpaired) electrons. The minimum absolute atomic E-state index is 0.675. The average Bonchev–Trinajstić information content (AvgIpc) is 3.00. The molecule has 2 aromatic heterocycles. The third-order valence-corrected chi connectivity index (χ3v) is 3.63. The molecule has 0 saturated carbocycles. The first kappa shape index (κ1) is 12.3. The van der Waals surface area contributed by atoms with Gasteiger partial charge in [0.15, 0.2) is 0 Å². The molecule has 1 N–H and O–H groups in total. The summed E-state index contributed by atoms with van der Waals surface area (Å²) >= 11 is 0. The summed E-state index contributed by atoms with van der Waals surface area (Å²) in [4.78, 5) is 9.02. The fourth-order valence-corrected chi connectivity index (χ4v) is 2.66. The Balaban J connectivity index is 1.87. The maximum Gasteiger partial charge on any atom is 0.143 e. The summed E-state index contributed by atoms with van der Waals surface area (Å²) in [5, 5.41) is 7.35. The lowest BCUT2D eigenvalue weighted by Gasteiger charge is -2.08. The predicted molar refractivity (Wildman–Crippen MR) is 71.7 cm³/mol. The molecule has 2 aromatic rings. The topological polar surface area (TPSA) is 63.8 Å². The third-order valence-electron chi connectivity index (χ3n) is 3.63. The van der Waals surface area contributed by atoms with Gasteiger partial charge in [0, 0.05) is 6.20 Å². The molecule has 19 heavy (non-hydrogen) atoms. The zero-order chi connectivity index (χ0) is 13.2.